The predicted molar refractivity (Wildman–Crippen MR) is 122 cm³/mol. The monoisotopic (exact) mass is 432 g/mol. The number of esters is 1. The molecule has 0 aliphatic carbocycles. The molecule has 1 aliphatic rings. The van der Waals surface area contributed by atoms with Crippen LogP contribution in [0.2, 0.25) is 0 Å². The van der Waals surface area contributed by atoms with Crippen LogP contribution in [0.3, 0.4) is 0 Å². The number of hydrogen-bond donors (Lipinski definition) is 3. The molecule has 3 N–H and O–H groups in total. The van der Waals surface area contributed by atoms with Gasteiger partial charge < -0.3 is 24.8 Å². The Hall–Kier alpha value is -2.25. The third-order valence-corrected chi connectivity index (χ3v) is 4.54. The summed E-state index contributed by atoms with van der Waals surface area (Å²) >= 11 is 0. The maximum atomic E-state index is 12.0. The lowest BCUT2D eigenvalue weighted by atomic mass is 10.0. The van der Waals surface area contributed by atoms with Gasteiger partial charge in [-0.05, 0) is 19.8 Å². The van der Waals surface area contributed by atoms with Gasteiger partial charge in [0.2, 0.25) is 0 Å². The van der Waals surface area contributed by atoms with Crippen LogP contribution in [0.15, 0.2) is 72.9 Å². The normalized spacial score (nSPS) is 34.2. The Kier molecular flexibility index (Phi) is 14.2. The number of hydrogen-bond acceptors (Lipinski definition) is 6. The second kappa shape index (κ2) is 16.4. The van der Waals surface area contributed by atoms with Crippen molar-refractivity contribution in [3.05, 3.63) is 72.9 Å². The van der Waals surface area contributed by atoms with E-state index >= 15 is 0 Å². The van der Waals surface area contributed by atoms with E-state index in [1.807, 2.05) is 36.5 Å². The molecule has 0 aromatic heterocycles. The van der Waals surface area contributed by atoms with Gasteiger partial charge in [-0.25, -0.2) is 4.79 Å². The van der Waals surface area contributed by atoms with E-state index in [0.29, 0.717) is 25.7 Å². The van der Waals surface area contributed by atoms with Crippen LogP contribution in [0.1, 0.15) is 39.0 Å². The molecule has 0 aromatic carbocycles. The molecule has 0 saturated carbocycles. The fourth-order valence-electron chi connectivity index (χ4n) is 3.01. The van der Waals surface area contributed by atoms with E-state index in [-0.39, 0.29) is 12.5 Å². The predicted octanol–water partition coefficient (Wildman–Crippen LogP) is 3.32. The Balaban J connectivity index is 2.87. The highest BCUT2D eigenvalue weighted by Crippen LogP contribution is 2.12. The zero-order valence-corrected chi connectivity index (χ0v) is 18.4. The van der Waals surface area contributed by atoms with Gasteiger partial charge in [0.15, 0.2) is 0 Å². The number of rotatable bonds is 3. The van der Waals surface area contributed by atoms with Crippen LogP contribution in [0.4, 0.5) is 0 Å². The molecule has 172 valence electrons. The topological polar surface area (TPSA) is 96.2 Å². The zero-order chi connectivity index (χ0) is 22.9. The summed E-state index contributed by atoms with van der Waals surface area (Å²) in [5.41, 5.74) is 0. The molecule has 0 amide bonds. The molecule has 0 fully saturated rings. The summed E-state index contributed by atoms with van der Waals surface area (Å²) in [7, 11) is 1.58. The van der Waals surface area contributed by atoms with Gasteiger partial charge in [0.05, 0.1) is 24.4 Å². The molecule has 0 radical (unpaired) electrons. The molecule has 0 saturated heterocycles. The Labute approximate surface area is 185 Å². The standard InChI is InChI=1S/C25H36O6/c1-20(26)17-24-15-11-7-4-6-10-14-23(30-2)19-22(28)18-21(27)13-9-5-3-8-12-16-25(29)31-24/h3-12,14,16,20-24,26-28H,13,15,17-19H2,1-2H3/b6-4+,8-3+,9-5+,11-7+,14-10+,16-12+/t20-,21+,22+,23-,24-/m0/s1. The van der Waals surface area contributed by atoms with Crippen LogP contribution < -0.4 is 0 Å². The second-order valence-electron chi connectivity index (χ2n) is 7.54. The number of aliphatic hydroxyl groups excluding tert-OH is 3. The molecule has 31 heavy (non-hydrogen) atoms. The van der Waals surface area contributed by atoms with Crippen LogP contribution in [0.25, 0.3) is 0 Å². The number of allylic oxidation sites excluding steroid dienone is 8. The molecule has 0 spiro atoms. The lowest BCUT2D eigenvalue weighted by Crippen LogP contribution is -2.22. The Morgan fingerprint density at radius 2 is 1.61 bits per heavy atom. The Morgan fingerprint density at radius 3 is 2.29 bits per heavy atom. The van der Waals surface area contributed by atoms with E-state index in [1.165, 1.54) is 6.08 Å². The zero-order valence-electron chi connectivity index (χ0n) is 18.4. The molecule has 0 unspecified atom stereocenters. The molecule has 1 heterocycles. The average molecular weight is 433 g/mol. The van der Waals surface area contributed by atoms with Gasteiger partial charge in [0, 0.05) is 32.4 Å². The van der Waals surface area contributed by atoms with Crippen molar-refractivity contribution in [3.8, 4) is 0 Å². The molecular weight excluding hydrogens is 396 g/mol. The maximum absolute atomic E-state index is 12.0. The quantitative estimate of drug-likeness (QED) is 0.592. The van der Waals surface area contributed by atoms with E-state index in [4.69, 9.17) is 9.47 Å². The van der Waals surface area contributed by atoms with Crippen LogP contribution in [0.5, 0.6) is 0 Å². The summed E-state index contributed by atoms with van der Waals surface area (Å²) in [5.74, 6) is -0.469. The van der Waals surface area contributed by atoms with E-state index in [1.54, 1.807) is 44.4 Å². The molecule has 5 atom stereocenters. The summed E-state index contributed by atoms with van der Waals surface area (Å²) in [6.07, 6.45) is 20.3. The van der Waals surface area contributed by atoms with Crippen molar-refractivity contribution in [2.75, 3.05) is 7.11 Å². The van der Waals surface area contributed by atoms with Crippen molar-refractivity contribution in [2.45, 2.75) is 69.5 Å². The van der Waals surface area contributed by atoms with Crippen LogP contribution in [-0.4, -0.2) is 58.9 Å². The first-order chi connectivity index (χ1) is 14.9. The fourth-order valence-corrected chi connectivity index (χ4v) is 3.01. The minimum absolute atomic E-state index is 0.256. The highest BCUT2D eigenvalue weighted by molar-refractivity contribution is 5.82. The molecule has 6 nitrogen and oxygen atoms in total. The number of cyclic esters (lactones) is 1. The third-order valence-electron chi connectivity index (χ3n) is 4.54. The van der Waals surface area contributed by atoms with Crippen LogP contribution >= 0.6 is 0 Å². The van der Waals surface area contributed by atoms with Crippen molar-refractivity contribution >= 4 is 5.97 Å². The molecule has 0 aromatic rings. The summed E-state index contributed by atoms with van der Waals surface area (Å²) in [6, 6.07) is 0. The average Bonchev–Trinajstić information content (AvgIpc) is 2.70. The molecular formula is C25H36O6. The Bertz CT molecular complexity index is 671. The lowest BCUT2D eigenvalue weighted by Gasteiger charge is -2.18. The summed E-state index contributed by atoms with van der Waals surface area (Å²) in [4.78, 5) is 12.0. The Morgan fingerprint density at radius 1 is 0.968 bits per heavy atom. The van der Waals surface area contributed by atoms with Gasteiger partial charge >= 0.3 is 5.97 Å². The summed E-state index contributed by atoms with van der Waals surface area (Å²) in [5, 5.41) is 29.9. The smallest absolute Gasteiger partial charge is 0.331 e. The van der Waals surface area contributed by atoms with Gasteiger partial charge in [0.25, 0.3) is 0 Å². The number of carbonyl (C=O) groups excluding carboxylic acids is 1. The van der Waals surface area contributed by atoms with Gasteiger partial charge in [-0.1, -0.05) is 66.8 Å². The number of methoxy groups -OCH3 is 1. The van der Waals surface area contributed by atoms with E-state index in [2.05, 4.69) is 0 Å². The number of aliphatic hydroxyl groups is 3. The lowest BCUT2D eigenvalue weighted by molar-refractivity contribution is -0.144. The number of carbonyl (C=O) groups is 1. The van der Waals surface area contributed by atoms with Crippen molar-refractivity contribution in [1.29, 1.82) is 0 Å². The maximum Gasteiger partial charge on any atom is 0.331 e. The summed E-state index contributed by atoms with van der Waals surface area (Å²) in [6.45, 7) is 1.66. The highest BCUT2D eigenvalue weighted by Gasteiger charge is 2.15. The molecule has 6 heteroatoms. The van der Waals surface area contributed by atoms with Gasteiger partial charge in [-0.2, -0.15) is 0 Å². The van der Waals surface area contributed by atoms with E-state index < -0.39 is 30.4 Å². The van der Waals surface area contributed by atoms with Gasteiger partial charge in [0.1, 0.15) is 6.10 Å². The first-order valence-electron chi connectivity index (χ1n) is 10.7. The second-order valence-corrected chi connectivity index (χ2v) is 7.54. The minimum Gasteiger partial charge on any atom is -0.459 e. The van der Waals surface area contributed by atoms with Crippen LogP contribution in [0, 0.1) is 0 Å². The number of ether oxygens (including phenoxy) is 2. The van der Waals surface area contributed by atoms with Crippen molar-refractivity contribution in [1.82, 2.24) is 0 Å². The summed E-state index contributed by atoms with van der Waals surface area (Å²) < 4.78 is 10.8. The molecule has 1 rings (SSSR count). The largest absolute Gasteiger partial charge is 0.459 e. The van der Waals surface area contributed by atoms with Gasteiger partial charge in [-0.15, -0.1) is 0 Å². The third kappa shape index (κ3) is 14.4. The fraction of sp³-hybridized carbons (Fsp3) is 0.480. The molecule has 1 aliphatic heterocycles. The van der Waals surface area contributed by atoms with Crippen molar-refractivity contribution in [2.24, 2.45) is 0 Å². The highest BCUT2D eigenvalue weighted by atomic mass is 16.5. The molecule has 0 bridgehead atoms. The van der Waals surface area contributed by atoms with E-state index in [9.17, 15) is 20.1 Å². The minimum atomic E-state index is -0.671. The first-order valence-corrected chi connectivity index (χ1v) is 10.7. The van der Waals surface area contributed by atoms with Gasteiger partial charge in [-0.3, -0.25) is 0 Å². The van der Waals surface area contributed by atoms with Crippen LogP contribution in [-0.2, 0) is 14.3 Å². The van der Waals surface area contributed by atoms with Crippen molar-refractivity contribution in [3.63, 3.8) is 0 Å². The first kappa shape index (κ1) is 26.8. The SMILES string of the molecule is CO[C@H]1/C=C/C=C/C=C/C[C@@H](C[C@H](C)O)OC(=O)/C=C/C=C/C=C/C[C@@H](O)C[C@@H](O)C1. The van der Waals surface area contributed by atoms with Crippen molar-refractivity contribution < 1.29 is 29.6 Å². The van der Waals surface area contributed by atoms with E-state index in [0.717, 1.165) is 0 Å².